The van der Waals surface area contributed by atoms with Crippen molar-refractivity contribution in [1.82, 2.24) is 10.2 Å². The van der Waals surface area contributed by atoms with E-state index in [0.717, 1.165) is 12.5 Å². The Hall–Kier alpha value is -1.35. The molecule has 1 N–H and O–H groups in total. The SMILES string of the molecule is Cc1ccccc1C1NCC(=O)N1CC1CC1. The predicted octanol–water partition coefficient (Wildman–Crippen LogP) is 1.84. The summed E-state index contributed by atoms with van der Waals surface area (Å²) in [7, 11) is 0. The van der Waals surface area contributed by atoms with Crippen LogP contribution in [0.15, 0.2) is 24.3 Å². The topological polar surface area (TPSA) is 32.3 Å². The zero-order chi connectivity index (χ0) is 11.8. The van der Waals surface area contributed by atoms with E-state index in [1.54, 1.807) is 0 Å². The molecule has 1 aromatic carbocycles. The molecule has 1 aromatic rings. The number of hydrogen-bond acceptors (Lipinski definition) is 2. The number of benzene rings is 1. The van der Waals surface area contributed by atoms with Crippen LogP contribution in [0.25, 0.3) is 0 Å². The minimum Gasteiger partial charge on any atom is -0.322 e. The lowest BCUT2D eigenvalue weighted by Crippen LogP contribution is -2.32. The van der Waals surface area contributed by atoms with Gasteiger partial charge in [0.15, 0.2) is 0 Å². The van der Waals surface area contributed by atoms with Gasteiger partial charge in [-0.1, -0.05) is 24.3 Å². The van der Waals surface area contributed by atoms with Crippen molar-refractivity contribution in [3.8, 4) is 0 Å². The molecule has 0 aromatic heterocycles. The average Bonchev–Trinajstić information content (AvgIpc) is 3.06. The van der Waals surface area contributed by atoms with Crippen molar-refractivity contribution in [3.05, 3.63) is 35.4 Å². The third-order valence-electron chi connectivity index (χ3n) is 3.71. The van der Waals surface area contributed by atoms with E-state index in [1.807, 2.05) is 17.0 Å². The Bertz CT molecular complexity index is 440. The van der Waals surface area contributed by atoms with Gasteiger partial charge in [-0.2, -0.15) is 0 Å². The van der Waals surface area contributed by atoms with E-state index >= 15 is 0 Å². The van der Waals surface area contributed by atoms with Crippen LogP contribution in [-0.2, 0) is 4.79 Å². The van der Waals surface area contributed by atoms with Crippen molar-refractivity contribution in [1.29, 1.82) is 0 Å². The van der Waals surface area contributed by atoms with Crippen LogP contribution in [0.1, 0.15) is 30.1 Å². The number of nitrogens with zero attached hydrogens (tertiary/aromatic N) is 1. The van der Waals surface area contributed by atoms with Crippen LogP contribution in [-0.4, -0.2) is 23.9 Å². The summed E-state index contributed by atoms with van der Waals surface area (Å²) in [6.07, 6.45) is 2.65. The van der Waals surface area contributed by atoms with Crippen LogP contribution in [0, 0.1) is 12.8 Å². The number of aryl methyl sites for hydroxylation is 1. The first kappa shape index (κ1) is 10.8. The highest BCUT2D eigenvalue weighted by atomic mass is 16.2. The van der Waals surface area contributed by atoms with Crippen LogP contribution >= 0.6 is 0 Å². The van der Waals surface area contributed by atoms with Crippen molar-refractivity contribution in [2.24, 2.45) is 5.92 Å². The zero-order valence-corrected chi connectivity index (χ0v) is 10.1. The van der Waals surface area contributed by atoms with Gasteiger partial charge in [-0.05, 0) is 36.8 Å². The summed E-state index contributed by atoms with van der Waals surface area (Å²) in [5.41, 5.74) is 2.49. The third kappa shape index (κ3) is 2.07. The first-order valence-corrected chi connectivity index (χ1v) is 6.34. The first-order chi connectivity index (χ1) is 8.25. The van der Waals surface area contributed by atoms with E-state index in [2.05, 4.69) is 24.4 Å². The molecule has 1 amide bonds. The fourth-order valence-corrected chi connectivity index (χ4v) is 2.50. The van der Waals surface area contributed by atoms with E-state index in [-0.39, 0.29) is 12.1 Å². The van der Waals surface area contributed by atoms with Gasteiger partial charge in [-0.3, -0.25) is 10.1 Å². The molecule has 1 heterocycles. The maximum atomic E-state index is 11.9. The van der Waals surface area contributed by atoms with E-state index < -0.39 is 0 Å². The lowest BCUT2D eigenvalue weighted by Gasteiger charge is -2.25. The quantitative estimate of drug-likeness (QED) is 0.859. The number of carbonyl (C=O) groups is 1. The summed E-state index contributed by atoms with van der Waals surface area (Å²) >= 11 is 0. The molecular formula is C14H18N2O. The molecule has 1 saturated carbocycles. The molecule has 0 radical (unpaired) electrons. The molecule has 1 atom stereocenters. The number of amides is 1. The minimum absolute atomic E-state index is 0.0873. The van der Waals surface area contributed by atoms with Gasteiger partial charge < -0.3 is 4.90 Å². The summed E-state index contributed by atoms with van der Waals surface area (Å²) in [4.78, 5) is 13.9. The number of hydrogen-bond donors (Lipinski definition) is 1. The molecule has 1 aliphatic heterocycles. The van der Waals surface area contributed by atoms with E-state index in [9.17, 15) is 4.79 Å². The molecular weight excluding hydrogens is 212 g/mol. The molecule has 0 spiro atoms. The van der Waals surface area contributed by atoms with Gasteiger partial charge in [0.05, 0.1) is 6.54 Å². The summed E-state index contributed by atoms with van der Waals surface area (Å²) in [6, 6.07) is 8.31. The number of rotatable bonds is 3. The number of nitrogens with one attached hydrogen (secondary N) is 1. The monoisotopic (exact) mass is 230 g/mol. The molecule has 1 saturated heterocycles. The zero-order valence-electron chi connectivity index (χ0n) is 10.1. The van der Waals surface area contributed by atoms with Gasteiger partial charge in [-0.25, -0.2) is 0 Å². The van der Waals surface area contributed by atoms with E-state index in [0.29, 0.717) is 6.54 Å². The average molecular weight is 230 g/mol. The summed E-state index contributed by atoms with van der Waals surface area (Å²) < 4.78 is 0. The van der Waals surface area contributed by atoms with Crippen LogP contribution in [0.5, 0.6) is 0 Å². The van der Waals surface area contributed by atoms with Crippen LogP contribution < -0.4 is 5.32 Å². The Morgan fingerprint density at radius 1 is 1.35 bits per heavy atom. The fraction of sp³-hybridized carbons (Fsp3) is 0.500. The lowest BCUT2D eigenvalue weighted by atomic mass is 10.1. The van der Waals surface area contributed by atoms with Gasteiger partial charge in [0, 0.05) is 6.54 Å². The molecule has 1 aliphatic carbocycles. The Kier molecular flexibility index (Phi) is 2.63. The van der Waals surface area contributed by atoms with Crippen molar-refractivity contribution in [3.63, 3.8) is 0 Å². The second-order valence-corrected chi connectivity index (χ2v) is 5.13. The highest BCUT2D eigenvalue weighted by molar-refractivity contribution is 5.81. The maximum Gasteiger partial charge on any atom is 0.238 e. The molecule has 17 heavy (non-hydrogen) atoms. The molecule has 2 aliphatic rings. The Balaban J connectivity index is 1.85. The van der Waals surface area contributed by atoms with Crippen molar-refractivity contribution in [2.45, 2.75) is 25.9 Å². The molecule has 3 heteroatoms. The van der Waals surface area contributed by atoms with Crippen LogP contribution in [0.3, 0.4) is 0 Å². The predicted molar refractivity (Wildman–Crippen MR) is 66.4 cm³/mol. The lowest BCUT2D eigenvalue weighted by molar-refractivity contribution is -0.128. The third-order valence-corrected chi connectivity index (χ3v) is 3.71. The highest BCUT2D eigenvalue weighted by Gasteiger charge is 2.36. The molecule has 3 rings (SSSR count). The molecule has 0 bridgehead atoms. The number of carbonyl (C=O) groups excluding carboxylic acids is 1. The van der Waals surface area contributed by atoms with Gasteiger partial charge >= 0.3 is 0 Å². The normalized spacial score (nSPS) is 24.4. The first-order valence-electron chi connectivity index (χ1n) is 6.34. The second-order valence-electron chi connectivity index (χ2n) is 5.13. The van der Waals surface area contributed by atoms with Crippen molar-refractivity contribution in [2.75, 3.05) is 13.1 Å². The molecule has 90 valence electrons. The van der Waals surface area contributed by atoms with E-state index in [4.69, 9.17) is 0 Å². The summed E-state index contributed by atoms with van der Waals surface area (Å²) in [6.45, 7) is 3.51. The molecule has 1 unspecified atom stereocenters. The molecule has 3 nitrogen and oxygen atoms in total. The maximum absolute atomic E-state index is 11.9. The van der Waals surface area contributed by atoms with Gasteiger partial charge in [0.1, 0.15) is 6.17 Å². The summed E-state index contributed by atoms with van der Waals surface area (Å²) in [5, 5.41) is 3.32. The Labute approximate surface area is 102 Å². The van der Waals surface area contributed by atoms with Gasteiger partial charge in [0.2, 0.25) is 5.91 Å². The standard InChI is InChI=1S/C14H18N2O/c1-10-4-2-3-5-12(10)14-15-8-13(17)16(14)9-11-6-7-11/h2-5,11,14-15H,6-9H2,1H3. The smallest absolute Gasteiger partial charge is 0.238 e. The molecule has 2 fully saturated rings. The van der Waals surface area contributed by atoms with Crippen molar-refractivity contribution < 1.29 is 4.79 Å². The largest absolute Gasteiger partial charge is 0.322 e. The van der Waals surface area contributed by atoms with Gasteiger partial charge in [0.25, 0.3) is 0 Å². The minimum atomic E-state index is 0.0873. The highest BCUT2D eigenvalue weighted by Crippen LogP contribution is 2.34. The van der Waals surface area contributed by atoms with Crippen molar-refractivity contribution >= 4 is 5.91 Å². The van der Waals surface area contributed by atoms with Gasteiger partial charge in [-0.15, -0.1) is 0 Å². The second kappa shape index (κ2) is 4.15. The summed E-state index contributed by atoms with van der Waals surface area (Å²) in [5.74, 6) is 0.982. The fourth-order valence-electron chi connectivity index (χ4n) is 2.50. The van der Waals surface area contributed by atoms with Crippen LogP contribution in [0.2, 0.25) is 0 Å². The Morgan fingerprint density at radius 3 is 2.82 bits per heavy atom. The van der Waals surface area contributed by atoms with E-state index in [1.165, 1.54) is 24.0 Å². The van der Waals surface area contributed by atoms with Crippen LogP contribution in [0.4, 0.5) is 0 Å². The Morgan fingerprint density at radius 2 is 2.12 bits per heavy atom.